The quantitative estimate of drug-likeness (QED) is 0.797. The Morgan fingerprint density at radius 2 is 1.90 bits per heavy atom. The molecule has 0 fully saturated rings. The van der Waals surface area contributed by atoms with Gasteiger partial charge in [0.1, 0.15) is 12.0 Å². The van der Waals surface area contributed by atoms with Crippen LogP contribution in [0.4, 0.5) is 0 Å². The second kappa shape index (κ2) is 6.10. The zero-order valence-corrected chi connectivity index (χ0v) is 12.7. The highest BCUT2D eigenvalue weighted by Gasteiger charge is 2.18. The van der Waals surface area contributed by atoms with Gasteiger partial charge in [-0.05, 0) is 42.8 Å². The van der Waals surface area contributed by atoms with Crippen molar-refractivity contribution in [3.63, 3.8) is 0 Å². The van der Waals surface area contributed by atoms with Gasteiger partial charge in [0.15, 0.2) is 9.84 Å². The Morgan fingerprint density at radius 3 is 2.52 bits per heavy atom. The molecular formula is C16H16O4S. The van der Waals surface area contributed by atoms with Crippen LogP contribution in [0.15, 0.2) is 47.4 Å². The lowest BCUT2D eigenvalue weighted by atomic mass is 10.1. The summed E-state index contributed by atoms with van der Waals surface area (Å²) in [5.41, 5.74) is 1.78. The van der Waals surface area contributed by atoms with Crippen LogP contribution in [0.3, 0.4) is 0 Å². The maximum absolute atomic E-state index is 12.5. The Balaban J connectivity index is 2.43. The van der Waals surface area contributed by atoms with Gasteiger partial charge in [-0.25, -0.2) is 8.42 Å². The molecular weight excluding hydrogens is 288 g/mol. The standard InChI is InChI=1S/C16H16O4S/c1-12-4-3-5-15(8-12)21(18,19)11-14-9-13(10-17)6-7-16(14)20-2/h3-10H,11H2,1-2H3. The number of hydrogen-bond donors (Lipinski definition) is 0. The van der Waals surface area contributed by atoms with Crippen LogP contribution in [0, 0.1) is 6.92 Å². The summed E-state index contributed by atoms with van der Waals surface area (Å²) in [6, 6.07) is 11.5. The zero-order chi connectivity index (χ0) is 15.5. The minimum atomic E-state index is -3.49. The van der Waals surface area contributed by atoms with Crippen LogP contribution < -0.4 is 4.74 Å². The van der Waals surface area contributed by atoms with Crippen molar-refractivity contribution in [3.05, 3.63) is 59.2 Å². The first kappa shape index (κ1) is 15.3. The maximum Gasteiger partial charge on any atom is 0.182 e. The number of carbonyl (C=O) groups is 1. The van der Waals surface area contributed by atoms with Crippen molar-refractivity contribution < 1.29 is 17.9 Å². The van der Waals surface area contributed by atoms with Crippen molar-refractivity contribution in [2.45, 2.75) is 17.6 Å². The van der Waals surface area contributed by atoms with E-state index in [1.807, 2.05) is 13.0 Å². The second-order valence-electron chi connectivity index (χ2n) is 4.76. The fourth-order valence-corrected chi connectivity index (χ4v) is 3.53. The van der Waals surface area contributed by atoms with E-state index >= 15 is 0 Å². The number of aryl methyl sites for hydroxylation is 1. The second-order valence-corrected chi connectivity index (χ2v) is 6.75. The largest absolute Gasteiger partial charge is 0.496 e. The number of sulfone groups is 1. The number of aldehydes is 1. The zero-order valence-electron chi connectivity index (χ0n) is 11.9. The van der Waals surface area contributed by atoms with E-state index in [4.69, 9.17) is 4.74 Å². The van der Waals surface area contributed by atoms with Gasteiger partial charge in [-0.15, -0.1) is 0 Å². The van der Waals surface area contributed by atoms with Gasteiger partial charge < -0.3 is 4.74 Å². The summed E-state index contributed by atoms with van der Waals surface area (Å²) in [4.78, 5) is 11.1. The molecule has 110 valence electrons. The van der Waals surface area contributed by atoms with E-state index in [0.717, 1.165) is 5.56 Å². The molecule has 0 unspecified atom stereocenters. The molecule has 0 radical (unpaired) electrons. The van der Waals surface area contributed by atoms with Gasteiger partial charge in [0.25, 0.3) is 0 Å². The highest BCUT2D eigenvalue weighted by atomic mass is 32.2. The van der Waals surface area contributed by atoms with E-state index < -0.39 is 9.84 Å². The first-order valence-corrected chi connectivity index (χ1v) is 8.03. The molecule has 21 heavy (non-hydrogen) atoms. The van der Waals surface area contributed by atoms with Crippen LogP contribution in [-0.4, -0.2) is 21.8 Å². The summed E-state index contributed by atoms with van der Waals surface area (Å²) < 4.78 is 30.1. The molecule has 5 heteroatoms. The van der Waals surface area contributed by atoms with E-state index in [2.05, 4.69) is 0 Å². The summed E-state index contributed by atoms with van der Waals surface area (Å²) in [7, 11) is -2.02. The van der Waals surface area contributed by atoms with Crippen LogP contribution in [0.25, 0.3) is 0 Å². The van der Waals surface area contributed by atoms with E-state index in [0.29, 0.717) is 23.2 Å². The van der Waals surface area contributed by atoms with E-state index in [1.165, 1.54) is 7.11 Å². The lowest BCUT2D eigenvalue weighted by Crippen LogP contribution is -2.07. The fraction of sp³-hybridized carbons (Fsp3) is 0.188. The smallest absolute Gasteiger partial charge is 0.182 e. The molecule has 4 nitrogen and oxygen atoms in total. The van der Waals surface area contributed by atoms with Crippen LogP contribution in [0.5, 0.6) is 5.75 Å². The van der Waals surface area contributed by atoms with Crippen LogP contribution in [0.1, 0.15) is 21.5 Å². The van der Waals surface area contributed by atoms with E-state index in [1.54, 1.807) is 36.4 Å². The Morgan fingerprint density at radius 1 is 1.14 bits per heavy atom. The highest BCUT2D eigenvalue weighted by Crippen LogP contribution is 2.25. The fourth-order valence-electron chi connectivity index (χ4n) is 2.08. The topological polar surface area (TPSA) is 60.4 Å². The van der Waals surface area contributed by atoms with Crippen molar-refractivity contribution in [3.8, 4) is 5.75 Å². The third kappa shape index (κ3) is 3.49. The van der Waals surface area contributed by atoms with Crippen molar-refractivity contribution in [2.75, 3.05) is 7.11 Å². The molecule has 0 N–H and O–H groups in total. The lowest BCUT2D eigenvalue weighted by molar-refractivity contribution is 0.112. The summed E-state index contributed by atoms with van der Waals surface area (Å²) in [5.74, 6) is 0.248. The molecule has 0 saturated heterocycles. The SMILES string of the molecule is COc1ccc(C=O)cc1CS(=O)(=O)c1cccc(C)c1. The van der Waals surface area contributed by atoms with Crippen LogP contribution in [0.2, 0.25) is 0 Å². The average Bonchev–Trinajstić information content (AvgIpc) is 2.46. The van der Waals surface area contributed by atoms with E-state index in [9.17, 15) is 13.2 Å². The lowest BCUT2D eigenvalue weighted by Gasteiger charge is -2.10. The third-order valence-electron chi connectivity index (χ3n) is 3.13. The Bertz CT molecular complexity index is 764. The molecule has 0 atom stereocenters. The molecule has 2 aromatic carbocycles. The molecule has 0 amide bonds. The molecule has 0 aliphatic heterocycles. The van der Waals surface area contributed by atoms with Gasteiger partial charge in [-0.1, -0.05) is 12.1 Å². The number of benzene rings is 2. The first-order chi connectivity index (χ1) is 9.96. The van der Waals surface area contributed by atoms with Crippen molar-refractivity contribution in [1.29, 1.82) is 0 Å². The van der Waals surface area contributed by atoms with E-state index in [-0.39, 0.29) is 10.6 Å². The number of rotatable bonds is 5. The number of methoxy groups -OCH3 is 1. The molecule has 2 rings (SSSR count). The van der Waals surface area contributed by atoms with Crippen LogP contribution in [-0.2, 0) is 15.6 Å². The number of carbonyl (C=O) groups excluding carboxylic acids is 1. The summed E-state index contributed by atoms with van der Waals surface area (Å²) in [5, 5.41) is 0. The number of hydrogen-bond acceptors (Lipinski definition) is 4. The van der Waals surface area contributed by atoms with Gasteiger partial charge in [0.05, 0.1) is 17.8 Å². The van der Waals surface area contributed by atoms with Crippen molar-refractivity contribution >= 4 is 16.1 Å². The maximum atomic E-state index is 12.5. The molecule has 0 heterocycles. The molecule has 0 bridgehead atoms. The summed E-state index contributed by atoms with van der Waals surface area (Å²) in [6.07, 6.45) is 0.683. The average molecular weight is 304 g/mol. The van der Waals surface area contributed by atoms with Gasteiger partial charge in [0, 0.05) is 11.1 Å². The molecule has 0 spiro atoms. The highest BCUT2D eigenvalue weighted by molar-refractivity contribution is 7.90. The minimum Gasteiger partial charge on any atom is -0.496 e. The minimum absolute atomic E-state index is 0.207. The predicted octanol–water partition coefficient (Wildman–Crippen LogP) is 2.79. The van der Waals surface area contributed by atoms with Gasteiger partial charge in [-0.2, -0.15) is 0 Å². The third-order valence-corrected chi connectivity index (χ3v) is 4.80. The monoisotopic (exact) mass is 304 g/mol. The first-order valence-electron chi connectivity index (χ1n) is 6.38. The Hall–Kier alpha value is -2.14. The Kier molecular flexibility index (Phi) is 4.43. The van der Waals surface area contributed by atoms with Gasteiger partial charge >= 0.3 is 0 Å². The Labute approximate surface area is 124 Å². The van der Waals surface area contributed by atoms with Gasteiger partial charge in [0.2, 0.25) is 0 Å². The van der Waals surface area contributed by atoms with Crippen LogP contribution >= 0.6 is 0 Å². The molecule has 0 aliphatic carbocycles. The summed E-state index contributed by atoms with van der Waals surface area (Å²) >= 11 is 0. The number of ether oxygens (including phenoxy) is 1. The predicted molar refractivity (Wildman–Crippen MR) is 80.5 cm³/mol. The van der Waals surface area contributed by atoms with Crippen molar-refractivity contribution in [1.82, 2.24) is 0 Å². The molecule has 0 aromatic heterocycles. The molecule has 0 saturated carbocycles. The molecule has 0 aliphatic rings. The summed E-state index contributed by atoms with van der Waals surface area (Å²) in [6.45, 7) is 1.84. The normalized spacial score (nSPS) is 11.1. The van der Waals surface area contributed by atoms with Gasteiger partial charge in [-0.3, -0.25) is 4.79 Å². The van der Waals surface area contributed by atoms with Crippen molar-refractivity contribution in [2.24, 2.45) is 0 Å². The molecule has 2 aromatic rings.